The molecule has 0 amide bonds. The summed E-state index contributed by atoms with van der Waals surface area (Å²) in [6.45, 7) is 6.30. The molecule has 2 aromatic carbocycles. The molecular formula is C21H24N2O2S2. The Morgan fingerprint density at radius 3 is 2.48 bits per heavy atom. The molecule has 6 heteroatoms. The van der Waals surface area contributed by atoms with Crippen LogP contribution in [0.2, 0.25) is 0 Å². The van der Waals surface area contributed by atoms with Crippen molar-refractivity contribution >= 4 is 32.5 Å². The van der Waals surface area contributed by atoms with Crippen molar-refractivity contribution < 1.29 is 8.42 Å². The molecule has 0 aliphatic carbocycles. The van der Waals surface area contributed by atoms with Gasteiger partial charge in [-0.2, -0.15) is 0 Å². The van der Waals surface area contributed by atoms with Crippen molar-refractivity contribution in [2.45, 2.75) is 38.6 Å². The topological polar surface area (TPSA) is 49.7 Å². The van der Waals surface area contributed by atoms with Crippen LogP contribution in [0.5, 0.6) is 0 Å². The minimum Gasteiger partial charge on any atom is -0.315 e. The van der Waals surface area contributed by atoms with Crippen molar-refractivity contribution in [3.05, 3.63) is 64.7 Å². The number of aliphatic imine (C=N–C) groups is 1. The molecule has 0 aromatic heterocycles. The van der Waals surface area contributed by atoms with Crippen LogP contribution in [0.1, 0.15) is 22.3 Å². The van der Waals surface area contributed by atoms with Crippen LogP contribution in [-0.4, -0.2) is 37.2 Å². The molecule has 2 aliphatic rings. The Bertz CT molecular complexity index is 997. The molecule has 2 atom stereocenters. The van der Waals surface area contributed by atoms with Crippen molar-refractivity contribution in [1.29, 1.82) is 0 Å². The number of thioether (sulfide) groups is 1. The Morgan fingerprint density at radius 1 is 1.04 bits per heavy atom. The van der Waals surface area contributed by atoms with Crippen molar-refractivity contribution in [3.63, 3.8) is 0 Å². The highest BCUT2D eigenvalue weighted by atomic mass is 32.2. The van der Waals surface area contributed by atoms with E-state index in [2.05, 4.69) is 68.1 Å². The van der Waals surface area contributed by atoms with Crippen LogP contribution in [-0.2, 0) is 15.6 Å². The lowest BCUT2D eigenvalue weighted by molar-refractivity contribution is 0.601. The van der Waals surface area contributed by atoms with Gasteiger partial charge in [0.25, 0.3) is 0 Å². The molecule has 0 bridgehead atoms. The van der Waals surface area contributed by atoms with Gasteiger partial charge in [-0.15, -0.1) is 0 Å². The summed E-state index contributed by atoms with van der Waals surface area (Å²) in [6, 6.07) is 14.6. The van der Waals surface area contributed by atoms with Crippen LogP contribution in [0, 0.1) is 20.8 Å². The zero-order valence-corrected chi connectivity index (χ0v) is 17.5. The third-order valence-corrected chi connectivity index (χ3v) is 8.10. The molecule has 27 heavy (non-hydrogen) atoms. The van der Waals surface area contributed by atoms with Crippen molar-refractivity contribution in [1.82, 2.24) is 0 Å². The number of benzene rings is 2. The molecule has 0 saturated carbocycles. The number of fused-ring (bicyclic) bond motifs is 1. The number of anilines is 1. The summed E-state index contributed by atoms with van der Waals surface area (Å²) in [5, 5.41) is 0.932. The smallest absolute Gasteiger partial charge is 0.164 e. The Labute approximate surface area is 165 Å². The summed E-state index contributed by atoms with van der Waals surface area (Å²) in [4.78, 5) is 6.95. The van der Waals surface area contributed by atoms with E-state index in [0.717, 1.165) is 16.6 Å². The van der Waals surface area contributed by atoms with Gasteiger partial charge in [0.1, 0.15) is 0 Å². The van der Waals surface area contributed by atoms with E-state index in [9.17, 15) is 8.42 Å². The first kappa shape index (κ1) is 18.6. The first-order valence-corrected chi connectivity index (χ1v) is 12.0. The minimum absolute atomic E-state index is 0.0834. The number of sulfone groups is 1. The van der Waals surface area contributed by atoms with Gasteiger partial charge in [-0.05, 0) is 49.6 Å². The summed E-state index contributed by atoms with van der Waals surface area (Å²) < 4.78 is 24.3. The zero-order valence-electron chi connectivity index (χ0n) is 15.8. The van der Waals surface area contributed by atoms with Gasteiger partial charge in [-0.25, -0.2) is 8.42 Å². The molecule has 1 fully saturated rings. The molecule has 2 heterocycles. The molecule has 2 aliphatic heterocycles. The molecule has 0 unspecified atom stereocenters. The van der Waals surface area contributed by atoms with Gasteiger partial charge < -0.3 is 4.90 Å². The van der Waals surface area contributed by atoms with E-state index in [1.54, 1.807) is 11.8 Å². The zero-order chi connectivity index (χ0) is 19.2. The quantitative estimate of drug-likeness (QED) is 0.784. The SMILES string of the molecule is Cc1ccc(N2C(SCc3ccc(C)c(C)c3)=N[C@H]3CS(=O)(=O)C[C@@H]32)cc1. The minimum atomic E-state index is -3.01. The van der Waals surface area contributed by atoms with Crippen LogP contribution in [0.3, 0.4) is 0 Å². The summed E-state index contributed by atoms with van der Waals surface area (Å²) in [5.41, 5.74) is 6.06. The van der Waals surface area contributed by atoms with Gasteiger partial charge in [0.15, 0.2) is 15.0 Å². The fourth-order valence-electron chi connectivity index (χ4n) is 3.68. The molecule has 4 rings (SSSR count). The first-order chi connectivity index (χ1) is 12.8. The van der Waals surface area contributed by atoms with E-state index in [4.69, 9.17) is 4.99 Å². The lowest BCUT2D eigenvalue weighted by Crippen LogP contribution is -2.39. The first-order valence-electron chi connectivity index (χ1n) is 9.15. The molecule has 0 spiro atoms. The van der Waals surface area contributed by atoms with Crippen molar-refractivity contribution in [2.75, 3.05) is 16.4 Å². The molecule has 2 aromatic rings. The molecule has 0 N–H and O–H groups in total. The van der Waals surface area contributed by atoms with Gasteiger partial charge in [-0.3, -0.25) is 4.99 Å². The number of nitrogens with zero attached hydrogens (tertiary/aromatic N) is 2. The van der Waals surface area contributed by atoms with E-state index in [0.29, 0.717) is 0 Å². The predicted octanol–water partition coefficient (Wildman–Crippen LogP) is 3.89. The second-order valence-corrected chi connectivity index (χ2v) is 10.6. The van der Waals surface area contributed by atoms with Crippen LogP contribution in [0.4, 0.5) is 5.69 Å². The largest absolute Gasteiger partial charge is 0.315 e. The fraction of sp³-hybridized carbons (Fsp3) is 0.381. The summed E-state index contributed by atoms with van der Waals surface area (Å²) in [7, 11) is -3.01. The van der Waals surface area contributed by atoms with E-state index in [-0.39, 0.29) is 23.6 Å². The monoisotopic (exact) mass is 400 g/mol. The Kier molecular flexibility index (Phi) is 4.80. The van der Waals surface area contributed by atoms with Crippen LogP contribution >= 0.6 is 11.8 Å². The maximum absolute atomic E-state index is 12.1. The predicted molar refractivity (Wildman–Crippen MR) is 115 cm³/mol. The Morgan fingerprint density at radius 2 is 1.78 bits per heavy atom. The third-order valence-electron chi connectivity index (χ3n) is 5.36. The van der Waals surface area contributed by atoms with E-state index in [1.807, 2.05) is 0 Å². The molecule has 142 valence electrons. The van der Waals surface area contributed by atoms with Crippen LogP contribution in [0.25, 0.3) is 0 Å². The summed E-state index contributed by atoms with van der Waals surface area (Å²) in [5.74, 6) is 1.17. The maximum Gasteiger partial charge on any atom is 0.164 e. The van der Waals surface area contributed by atoms with Crippen molar-refractivity contribution in [3.8, 4) is 0 Å². The Balaban J connectivity index is 1.60. The second-order valence-electron chi connectivity index (χ2n) is 7.54. The summed E-state index contributed by atoms with van der Waals surface area (Å²) in [6.07, 6.45) is 0. The number of hydrogen-bond acceptors (Lipinski definition) is 5. The fourth-order valence-corrected chi connectivity index (χ4v) is 6.59. The highest BCUT2D eigenvalue weighted by Crippen LogP contribution is 2.36. The van der Waals surface area contributed by atoms with E-state index < -0.39 is 9.84 Å². The van der Waals surface area contributed by atoms with Gasteiger partial charge >= 0.3 is 0 Å². The molecular weight excluding hydrogens is 376 g/mol. The van der Waals surface area contributed by atoms with Crippen LogP contribution in [0.15, 0.2) is 47.5 Å². The van der Waals surface area contributed by atoms with Gasteiger partial charge in [0.2, 0.25) is 0 Å². The van der Waals surface area contributed by atoms with Gasteiger partial charge in [0.05, 0.1) is 23.6 Å². The highest BCUT2D eigenvalue weighted by molar-refractivity contribution is 8.13. The highest BCUT2D eigenvalue weighted by Gasteiger charge is 2.47. The number of amidine groups is 1. The average molecular weight is 401 g/mol. The maximum atomic E-state index is 12.1. The number of hydrogen-bond donors (Lipinski definition) is 0. The van der Waals surface area contributed by atoms with Gasteiger partial charge in [0, 0.05) is 11.4 Å². The van der Waals surface area contributed by atoms with Gasteiger partial charge in [-0.1, -0.05) is 47.7 Å². The Hall–Kier alpha value is -1.79. The molecule has 1 saturated heterocycles. The van der Waals surface area contributed by atoms with E-state index in [1.165, 1.54) is 22.3 Å². The lowest BCUT2D eigenvalue weighted by atomic mass is 10.1. The average Bonchev–Trinajstić information content (AvgIpc) is 3.08. The number of rotatable bonds is 3. The second kappa shape index (κ2) is 6.99. The van der Waals surface area contributed by atoms with Crippen molar-refractivity contribution in [2.24, 2.45) is 4.99 Å². The molecule has 4 nitrogen and oxygen atoms in total. The van der Waals surface area contributed by atoms with Crippen LogP contribution < -0.4 is 4.90 Å². The summed E-state index contributed by atoms with van der Waals surface area (Å²) >= 11 is 1.70. The normalized spacial score (nSPS) is 23.4. The lowest BCUT2D eigenvalue weighted by Gasteiger charge is -2.26. The number of aryl methyl sites for hydroxylation is 3. The third kappa shape index (κ3) is 3.78. The molecule has 0 radical (unpaired) electrons. The van der Waals surface area contributed by atoms with E-state index >= 15 is 0 Å². The standard InChI is InChI=1S/C21H24N2O2S2/c1-14-4-8-18(9-5-14)23-20-13-27(24,25)12-19(20)22-21(23)26-11-17-7-6-15(2)16(3)10-17/h4-10,19-20H,11-13H2,1-3H3/t19-,20-/m0/s1.